The van der Waals surface area contributed by atoms with Crippen LogP contribution in [0.1, 0.15) is 31.4 Å². The fourth-order valence-electron chi connectivity index (χ4n) is 3.06. The Kier molecular flexibility index (Phi) is 4.58. The zero-order valence-electron chi connectivity index (χ0n) is 12.0. The van der Waals surface area contributed by atoms with E-state index in [0.717, 1.165) is 12.5 Å². The Bertz CT molecular complexity index is 558. The van der Waals surface area contributed by atoms with Gasteiger partial charge in [0.1, 0.15) is 0 Å². The smallest absolute Gasteiger partial charge is 0.0363 e. The van der Waals surface area contributed by atoms with Gasteiger partial charge in [0.2, 0.25) is 0 Å². The maximum Gasteiger partial charge on any atom is 0.0363 e. The van der Waals surface area contributed by atoms with Gasteiger partial charge in [-0.1, -0.05) is 25.1 Å². The molecule has 1 aliphatic rings. The number of pyridine rings is 1. The van der Waals surface area contributed by atoms with E-state index in [1.165, 1.54) is 40.7 Å². The molecule has 0 aliphatic carbocycles. The topological polar surface area (TPSA) is 24.9 Å². The quantitative estimate of drug-likeness (QED) is 0.898. The Morgan fingerprint density at radius 2 is 2.35 bits per heavy atom. The maximum absolute atomic E-state index is 4.25. The summed E-state index contributed by atoms with van der Waals surface area (Å²) in [6.45, 7) is 3.33. The molecule has 0 amide bonds. The van der Waals surface area contributed by atoms with Crippen molar-refractivity contribution in [1.82, 2.24) is 10.3 Å². The fourth-order valence-corrected chi connectivity index (χ4v) is 4.36. The maximum atomic E-state index is 4.25. The Morgan fingerprint density at radius 3 is 3.15 bits per heavy atom. The number of hydrogen-bond donors (Lipinski definition) is 1. The summed E-state index contributed by atoms with van der Waals surface area (Å²) in [5.74, 6) is 3.34. The summed E-state index contributed by atoms with van der Waals surface area (Å²) < 4.78 is 0. The predicted octanol–water partition coefficient (Wildman–Crippen LogP) is 4.03. The van der Waals surface area contributed by atoms with Crippen molar-refractivity contribution in [2.45, 2.75) is 25.8 Å². The molecule has 1 aromatic heterocycles. The highest BCUT2D eigenvalue weighted by Crippen LogP contribution is 2.36. The van der Waals surface area contributed by atoms with E-state index in [2.05, 4.69) is 53.3 Å². The number of fused-ring (bicyclic) bond motifs is 1. The molecule has 3 rings (SSSR count). The van der Waals surface area contributed by atoms with Gasteiger partial charge in [0.25, 0.3) is 0 Å². The van der Waals surface area contributed by atoms with Crippen LogP contribution in [0.25, 0.3) is 10.8 Å². The molecule has 2 heterocycles. The Labute approximate surface area is 125 Å². The van der Waals surface area contributed by atoms with E-state index < -0.39 is 0 Å². The van der Waals surface area contributed by atoms with Gasteiger partial charge in [-0.25, -0.2) is 0 Å². The third kappa shape index (κ3) is 2.84. The fraction of sp³-hybridized carbons (Fsp3) is 0.471. The van der Waals surface area contributed by atoms with Crippen LogP contribution in [0.4, 0.5) is 0 Å². The van der Waals surface area contributed by atoms with E-state index >= 15 is 0 Å². The van der Waals surface area contributed by atoms with Gasteiger partial charge in [-0.05, 0) is 53.8 Å². The second-order valence-electron chi connectivity index (χ2n) is 5.50. The molecule has 0 spiro atoms. The van der Waals surface area contributed by atoms with E-state index in [9.17, 15) is 0 Å². The lowest BCUT2D eigenvalue weighted by molar-refractivity contribution is 0.396. The van der Waals surface area contributed by atoms with Crippen molar-refractivity contribution in [3.05, 3.63) is 42.2 Å². The first-order valence-corrected chi connectivity index (χ1v) is 8.69. The van der Waals surface area contributed by atoms with Gasteiger partial charge in [0.05, 0.1) is 0 Å². The van der Waals surface area contributed by atoms with Crippen LogP contribution in [0.3, 0.4) is 0 Å². The molecule has 0 saturated carbocycles. The summed E-state index contributed by atoms with van der Waals surface area (Å²) in [7, 11) is 0. The largest absolute Gasteiger partial charge is 0.310 e. The highest BCUT2D eigenvalue weighted by molar-refractivity contribution is 7.99. The van der Waals surface area contributed by atoms with E-state index in [-0.39, 0.29) is 0 Å². The average Bonchev–Trinajstić information content (AvgIpc) is 3.02. The van der Waals surface area contributed by atoms with Crippen molar-refractivity contribution in [3.8, 4) is 0 Å². The highest BCUT2D eigenvalue weighted by atomic mass is 32.2. The first-order valence-electron chi connectivity index (χ1n) is 7.54. The molecule has 2 atom stereocenters. The van der Waals surface area contributed by atoms with Crippen molar-refractivity contribution in [1.29, 1.82) is 0 Å². The molecule has 2 unspecified atom stereocenters. The number of thioether (sulfide) groups is 1. The molecular formula is C17H22N2S. The van der Waals surface area contributed by atoms with Gasteiger partial charge in [-0.3, -0.25) is 4.98 Å². The second-order valence-corrected chi connectivity index (χ2v) is 6.65. The van der Waals surface area contributed by atoms with Gasteiger partial charge in [0.15, 0.2) is 0 Å². The van der Waals surface area contributed by atoms with Gasteiger partial charge in [-0.15, -0.1) is 0 Å². The Balaban J connectivity index is 1.99. The normalized spacial score (nSPS) is 20.4. The van der Waals surface area contributed by atoms with E-state index in [1.807, 2.05) is 12.4 Å². The Morgan fingerprint density at radius 1 is 1.40 bits per heavy atom. The zero-order valence-corrected chi connectivity index (χ0v) is 12.8. The van der Waals surface area contributed by atoms with Crippen LogP contribution >= 0.6 is 11.8 Å². The molecule has 3 heteroatoms. The summed E-state index contributed by atoms with van der Waals surface area (Å²) in [6, 6.07) is 9.26. The van der Waals surface area contributed by atoms with E-state index in [4.69, 9.17) is 0 Å². The minimum atomic E-state index is 0.482. The van der Waals surface area contributed by atoms with Crippen LogP contribution in [0, 0.1) is 5.92 Å². The van der Waals surface area contributed by atoms with Crippen molar-refractivity contribution >= 4 is 22.5 Å². The minimum absolute atomic E-state index is 0.482. The lowest BCUT2D eigenvalue weighted by atomic mass is 9.89. The van der Waals surface area contributed by atoms with Crippen molar-refractivity contribution < 1.29 is 0 Å². The summed E-state index contributed by atoms with van der Waals surface area (Å²) in [5.41, 5.74) is 1.45. The summed E-state index contributed by atoms with van der Waals surface area (Å²) in [6.07, 6.45) is 6.39. The first kappa shape index (κ1) is 13.9. The van der Waals surface area contributed by atoms with Crippen molar-refractivity contribution in [2.75, 3.05) is 18.1 Å². The summed E-state index contributed by atoms with van der Waals surface area (Å²) in [5, 5.41) is 6.39. The molecule has 1 fully saturated rings. The van der Waals surface area contributed by atoms with Gasteiger partial charge < -0.3 is 5.32 Å². The Hall–Kier alpha value is -1.06. The average molecular weight is 286 g/mol. The standard InChI is InChI=1S/C17H22N2S/c1-2-8-19-17(14-7-10-20-12-14)16-5-3-4-13-11-18-9-6-15(13)16/h3-6,9,11,14,17,19H,2,7-8,10,12H2,1H3. The monoisotopic (exact) mass is 286 g/mol. The molecule has 2 nitrogen and oxygen atoms in total. The lowest BCUT2D eigenvalue weighted by Gasteiger charge is -2.26. The van der Waals surface area contributed by atoms with Gasteiger partial charge in [-0.2, -0.15) is 11.8 Å². The zero-order chi connectivity index (χ0) is 13.8. The van der Waals surface area contributed by atoms with Crippen molar-refractivity contribution in [2.24, 2.45) is 5.92 Å². The molecule has 1 N–H and O–H groups in total. The van der Waals surface area contributed by atoms with Crippen LogP contribution in [0.15, 0.2) is 36.7 Å². The van der Waals surface area contributed by atoms with Crippen LogP contribution < -0.4 is 5.32 Å². The molecule has 0 bridgehead atoms. The van der Waals surface area contributed by atoms with E-state index in [0.29, 0.717) is 6.04 Å². The predicted molar refractivity (Wildman–Crippen MR) is 88.2 cm³/mol. The summed E-state index contributed by atoms with van der Waals surface area (Å²) in [4.78, 5) is 4.25. The molecule has 1 saturated heterocycles. The molecular weight excluding hydrogens is 264 g/mol. The third-order valence-corrected chi connectivity index (χ3v) is 5.29. The number of hydrogen-bond acceptors (Lipinski definition) is 3. The molecule has 1 aromatic carbocycles. The first-order chi connectivity index (χ1) is 9.90. The number of rotatable bonds is 5. The number of benzene rings is 1. The number of nitrogens with one attached hydrogen (secondary N) is 1. The van der Waals surface area contributed by atoms with Gasteiger partial charge in [0, 0.05) is 23.8 Å². The van der Waals surface area contributed by atoms with Crippen LogP contribution in [0.2, 0.25) is 0 Å². The van der Waals surface area contributed by atoms with Gasteiger partial charge >= 0.3 is 0 Å². The van der Waals surface area contributed by atoms with Crippen LogP contribution in [-0.2, 0) is 0 Å². The molecule has 106 valence electrons. The van der Waals surface area contributed by atoms with Crippen LogP contribution in [-0.4, -0.2) is 23.0 Å². The number of aromatic nitrogens is 1. The lowest BCUT2D eigenvalue weighted by Crippen LogP contribution is -2.29. The SMILES string of the molecule is CCCNC(c1cccc2cnccc12)C1CCSC1. The highest BCUT2D eigenvalue weighted by Gasteiger charge is 2.27. The molecule has 0 radical (unpaired) electrons. The van der Waals surface area contributed by atoms with E-state index in [1.54, 1.807) is 0 Å². The molecule has 2 aromatic rings. The summed E-state index contributed by atoms with van der Waals surface area (Å²) >= 11 is 2.09. The van der Waals surface area contributed by atoms with Crippen molar-refractivity contribution in [3.63, 3.8) is 0 Å². The third-order valence-electron chi connectivity index (χ3n) is 4.10. The minimum Gasteiger partial charge on any atom is -0.310 e. The molecule has 1 aliphatic heterocycles. The number of nitrogens with zero attached hydrogens (tertiary/aromatic N) is 1. The van der Waals surface area contributed by atoms with Crippen LogP contribution in [0.5, 0.6) is 0 Å². The second kappa shape index (κ2) is 6.59. The molecule has 20 heavy (non-hydrogen) atoms.